The third-order valence-electron chi connectivity index (χ3n) is 5.87. The molecule has 2 heterocycles. The number of hydrogen-bond acceptors (Lipinski definition) is 4. The highest BCUT2D eigenvalue weighted by Crippen LogP contribution is 2.16. The normalized spacial score (nSPS) is 14.8. The Hall–Kier alpha value is -2.86. The molecule has 0 amide bonds. The standard InChI is InChI=1S/C24H30N4O2/c1-2-30-23(29)20-12-10-19(11-13-20)18-28-22-9-5-4-8-21(22)27(24(28)25)17-16-26-14-6-3-7-15-26/h4-5,8-13,25H,2-3,6-7,14-18H2,1H3. The van der Waals surface area contributed by atoms with Crippen molar-refractivity contribution >= 4 is 17.0 Å². The van der Waals surface area contributed by atoms with Crippen molar-refractivity contribution in [1.29, 1.82) is 5.41 Å². The largest absolute Gasteiger partial charge is 0.462 e. The number of rotatable bonds is 7. The van der Waals surface area contributed by atoms with Crippen molar-refractivity contribution in [1.82, 2.24) is 14.0 Å². The molecule has 0 aliphatic carbocycles. The number of piperidine rings is 1. The first-order chi connectivity index (χ1) is 14.7. The summed E-state index contributed by atoms with van der Waals surface area (Å²) in [4.78, 5) is 14.4. The van der Waals surface area contributed by atoms with E-state index in [0.29, 0.717) is 24.3 Å². The Balaban J connectivity index is 1.57. The maximum absolute atomic E-state index is 11.9. The van der Waals surface area contributed by atoms with Crippen LogP contribution in [0.4, 0.5) is 0 Å². The summed E-state index contributed by atoms with van der Waals surface area (Å²) in [7, 11) is 0. The number of hydrogen-bond donors (Lipinski definition) is 1. The number of nitrogens with zero attached hydrogens (tertiary/aromatic N) is 3. The number of ether oxygens (including phenoxy) is 1. The Morgan fingerprint density at radius 3 is 2.27 bits per heavy atom. The van der Waals surface area contributed by atoms with Gasteiger partial charge in [-0.3, -0.25) is 5.41 Å². The van der Waals surface area contributed by atoms with Crippen LogP contribution < -0.4 is 5.62 Å². The summed E-state index contributed by atoms with van der Waals surface area (Å²) >= 11 is 0. The van der Waals surface area contributed by atoms with Crippen molar-refractivity contribution < 1.29 is 9.53 Å². The molecule has 2 aromatic carbocycles. The number of likely N-dealkylation sites (tertiary alicyclic amines) is 1. The van der Waals surface area contributed by atoms with Crippen LogP contribution >= 0.6 is 0 Å². The number of nitrogens with one attached hydrogen (secondary N) is 1. The van der Waals surface area contributed by atoms with Gasteiger partial charge in [-0.05, 0) is 62.7 Å². The highest BCUT2D eigenvalue weighted by molar-refractivity contribution is 5.89. The molecule has 1 aliphatic rings. The van der Waals surface area contributed by atoms with Crippen LogP contribution in [0.2, 0.25) is 0 Å². The van der Waals surface area contributed by atoms with Crippen molar-refractivity contribution in [2.45, 2.75) is 39.3 Å². The number of imidazole rings is 1. The first-order valence-corrected chi connectivity index (χ1v) is 10.9. The van der Waals surface area contributed by atoms with Gasteiger partial charge in [-0.15, -0.1) is 0 Å². The lowest BCUT2D eigenvalue weighted by atomic mass is 10.1. The summed E-state index contributed by atoms with van der Waals surface area (Å²) < 4.78 is 9.23. The zero-order chi connectivity index (χ0) is 20.9. The van der Waals surface area contributed by atoms with E-state index >= 15 is 0 Å². The monoisotopic (exact) mass is 406 g/mol. The highest BCUT2D eigenvalue weighted by atomic mass is 16.5. The number of esters is 1. The average Bonchev–Trinajstić information content (AvgIpc) is 3.04. The summed E-state index contributed by atoms with van der Waals surface area (Å²) in [5, 5.41) is 8.84. The van der Waals surface area contributed by atoms with E-state index in [1.165, 1.54) is 32.4 Å². The molecular formula is C24H30N4O2. The van der Waals surface area contributed by atoms with E-state index in [1.807, 2.05) is 28.8 Å². The Morgan fingerprint density at radius 1 is 0.933 bits per heavy atom. The van der Waals surface area contributed by atoms with Gasteiger partial charge in [0, 0.05) is 13.1 Å². The molecule has 0 radical (unpaired) electrons. The van der Waals surface area contributed by atoms with Crippen molar-refractivity contribution in [3.63, 3.8) is 0 Å². The molecule has 0 atom stereocenters. The van der Waals surface area contributed by atoms with Crippen LogP contribution in [0.5, 0.6) is 0 Å². The average molecular weight is 407 g/mol. The number of carbonyl (C=O) groups excluding carboxylic acids is 1. The fourth-order valence-electron chi connectivity index (χ4n) is 4.25. The molecule has 158 valence electrons. The van der Waals surface area contributed by atoms with Crippen molar-refractivity contribution in [3.8, 4) is 0 Å². The van der Waals surface area contributed by atoms with E-state index < -0.39 is 0 Å². The summed E-state index contributed by atoms with van der Waals surface area (Å²) in [5.74, 6) is -0.299. The number of fused-ring (bicyclic) bond motifs is 1. The molecule has 0 saturated carbocycles. The van der Waals surface area contributed by atoms with Gasteiger partial charge in [0.25, 0.3) is 0 Å². The van der Waals surface area contributed by atoms with Gasteiger partial charge in [0.2, 0.25) is 5.62 Å². The van der Waals surface area contributed by atoms with Crippen LogP contribution in [0.1, 0.15) is 42.1 Å². The van der Waals surface area contributed by atoms with Crippen LogP contribution in [-0.4, -0.2) is 46.2 Å². The third-order valence-corrected chi connectivity index (χ3v) is 5.87. The Labute approximate surface area is 177 Å². The maximum Gasteiger partial charge on any atom is 0.338 e. The topological polar surface area (TPSA) is 63.2 Å². The highest BCUT2D eigenvalue weighted by Gasteiger charge is 2.14. The lowest BCUT2D eigenvalue weighted by Gasteiger charge is -2.26. The lowest BCUT2D eigenvalue weighted by molar-refractivity contribution is 0.0526. The van der Waals surface area contributed by atoms with Crippen LogP contribution in [0, 0.1) is 5.41 Å². The molecule has 1 aromatic heterocycles. The van der Waals surface area contributed by atoms with Gasteiger partial charge in [0.05, 0.1) is 29.7 Å². The maximum atomic E-state index is 11.9. The molecule has 1 aliphatic heterocycles. The van der Waals surface area contributed by atoms with E-state index in [2.05, 4.69) is 21.6 Å². The molecular weight excluding hydrogens is 376 g/mol. The molecule has 0 bridgehead atoms. The van der Waals surface area contributed by atoms with E-state index in [4.69, 9.17) is 10.1 Å². The minimum atomic E-state index is -0.299. The Kier molecular flexibility index (Phi) is 6.33. The molecule has 4 rings (SSSR count). The minimum absolute atomic E-state index is 0.299. The molecule has 30 heavy (non-hydrogen) atoms. The molecule has 6 heteroatoms. The second-order valence-corrected chi connectivity index (χ2v) is 7.87. The zero-order valence-electron chi connectivity index (χ0n) is 17.6. The fraction of sp³-hybridized carbons (Fsp3) is 0.417. The minimum Gasteiger partial charge on any atom is -0.462 e. The van der Waals surface area contributed by atoms with Crippen LogP contribution in [-0.2, 0) is 17.8 Å². The predicted octanol–water partition coefficient (Wildman–Crippen LogP) is 3.63. The van der Waals surface area contributed by atoms with E-state index in [1.54, 1.807) is 19.1 Å². The SMILES string of the molecule is CCOC(=O)c1ccc(Cn2c(=N)n(CCN3CCCCC3)c3ccccc32)cc1. The Morgan fingerprint density at radius 2 is 1.60 bits per heavy atom. The molecule has 6 nitrogen and oxygen atoms in total. The molecule has 1 saturated heterocycles. The van der Waals surface area contributed by atoms with Crippen molar-refractivity contribution in [2.75, 3.05) is 26.2 Å². The first kappa shape index (κ1) is 20.4. The molecule has 1 fully saturated rings. The van der Waals surface area contributed by atoms with Crippen LogP contribution in [0.3, 0.4) is 0 Å². The summed E-state index contributed by atoms with van der Waals surface area (Å²) in [6.45, 7) is 6.92. The van der Waals surface area contributed by atoms with E-state index in [9.17, 15) is 4.79 Å². The Bertz CT molecular complexity index is 1060. The van der Waals surface area contributed by atoms with Gasteiger partial charge in [-0.1, -0.05) is 30.7 Å². The summed E-state index contributed by atoms with van der Waals surface area (Å²) in [6, 6.07) is 15.7. The van der Waals surface area contributed by atoms with E-state index in [-0.39, 0.29) is 5.97 Å². The second-order valence-electron chi connectivity index (χ2n) is 7.87. The second kappa shape index (κ2) is 9.30. The van der Waals surface area contributed by atoms with Crippen molar-refractivity contribution in [2.24, 2.45) is 0 Å². The van der Waals surface area contributed by atoms with Gasteiger partial charge >= 0.3 is 5.97 Å². The van der Waals surface area contributed by atoms with Gasteiger partial charge < -0.3 is 18.8 Å². The number of para-hydroxylation sites is 2. The smallest absolute Gasteiger partial charge is 0.338 e. The summed E-state index contributed by atoms with van der Waals surface area (Å²) in [6.07, 6.45) is 3.89. The van der Waals surface area contributed by atoms with Crippen LogP contribution in [0.25, 0.3) is 11.0 Å². The number of carbonyl (C=O) groups is 1. The van der Waals surface area contributed by atoms with Gasteiger partial charge in [-0.25, -0.2) is 4.79 Å². The summed E-state index contributed by atoms with van der Waals surface area (Å²) in [5.41, 5.74) is 4.29. The van der Waals surface area contributed by atoms with E-state index in [0.717, 1.165) is 29.7 Å². The number of aromatic nitrogens is 2. The van der Waals surface area contributed by atoms with Crippen molar-refractivity contribution in [3.05, 3.63) is 65.3 Å². The van der Waals surface area contributed by atoms with Gasteiger partial charge in [0.1, 0.15) is 0 Å². The fourth-order valence-corrected chi connectivity index (χ4v) is 4.25. The number of benzene rings is 2. The lowest BCUT2D eigenvalue weighted by Crippen LogP contribution is -2.35. The molecule has 0 unspecified atom stereocenters. The van der Waals surface area contributed by atoms with Crippen LogP contribution in [0.15, 0.2) is 48.5 Å². The van der Waals surface area contributed by atoms with Gasteiger partial charge in [0.15, 0.2) is 0 Å². The molecule has 0 spiro atoms. The van der Waals surface area contributed by atoms with Gasteiger partial charge in [-0.2, -0.15) is 0 Å². The zero-order valence-corrected chi connectivity index (χ0v) is 17.6. The molecule has 1 N–H and O–H groups in total. The quantitative estimate of drug-likeness (QED) is 0.610. The molecule has 3 aromatic rings. The first-order valence-electron chi connectivity index (χ1n) is 10.9. The predicted molar refractivity (Wildman–Crippen MR) is 118 cm³/mol. The third kappa shape index (κ3) is 4.33.